The van der Waals surface area contributed by atoms with Crippen LogP contribution in [0.2, 0.25) is 0 Å². The smallest absolute Gasteiger partial charge is 0.268 e. The van der Waals surface area contributed by atoms with Crippen molar-refractivity contribution in [3.63, 3.8) is 0 Å². The zero-order valence-corrected chi connectivity index (χ0v) is 14.5. The molecule has 2 rings (SSSR count). The van der Waals surface area contributed by atoms with Gasteiger partial charge in [0.1, 0.15) is 34.8 Å². The number of anilines is 1. The summed E-state index contributed by atoms with van der Waals surface area (Å²) in [6.45, 7) is 6.71. The third kappa shape index (κ3) is 3.81. The number of benzene rings is 1. The van der Waals surface area contributed by atoms with Crippen LogP contribution in [0.15, 0.2) is 23.0 Å². The molecule has 6 nitrogen and oxygen atoms in total. The Hall–Kier alpha value is -3.25. The molecule has 0 unspecified atom stereocenters. The SMILES string of the molecule is Cc1ccc(-c2c(C#N)c(N)[nH]c(=O)c2C#N)cc1OCCC(C)C. The van der Waals surface area contributed by atoms with Gasteiger partial charge in [0.05, 0.1) is 6.61 Å². The molecule has 0 amide bonds. The Bertz CT molecular complexity index is 930. The molecule has 0 aliphatic heterocycles. The Labute approximate surface area is 146 Å². The van der Waals surface area contributed by atoms with E-state index in [1.807, 2.05) is 25.1 Å². The fourth-order valence-corrected chi connectivity index (χ4v) is 2.45. The summed E-state index contributed by atoms with van der Waals surface area (Å²) in [7, 11) is 0. The summed E-state index contributed by atoms with van der Waals surface area (Å²) in [4.78, 5) is 14.4. The maximum atomic E-state index is 12.0. The molecule has 1 aromatic heterocycles. The molecular weight excluding hydrogens is 316 g/mol. The number of aromatic nitrogens is 1. The Kier molecular flexibility index (Phi) is 5.46. The number of nitrogens with two attached hydrogens (primary N) is 1. The van der Waals surface area contributed by atoms with Gasteiger partial charge in [-0.2, -0.15) is 10.5 Å². The van der Waals surface area contributed by atoms with Crippen LogP contribution in [0.25, 0.3) is 11.1 Å². The van der Waals surface area contributed by atoms with Gasteiger partial charge in [-0.15, -0.1) is 0 Å². The topological polar surface area (TPSA) is 116 Å². The normalized spacial score (nSPS) is 10.3. The van der Waals surface area contributed by atoms with Crippen molar-refractivity contribution in [3.05, 3.63) is 45.2 Å². The predicted octanol–water partition coefficient (Wildman–Crippen LogP) is 3.10. The van der Waals surface area contributed by atoms with Gasteiger partial charge in [-0.25, -0.2) is 0 Å². The minimum absolute atomic E-state index is 0.0515. The van der Waals surface area contributed by atoms with Gasteiger partial charge in [0.15, 0.2) is 0 Å². The van der Waals surface area contributed by atoms with Gasteiger partial charge in [0, 0.05) is 5.56 Å². The molecule has 0 spiro atoms. The number of hydrogen-bond donors (Lipinski definition) is 2. The molecule has 0 bridgehead atoms. The van der Waals surface area contributed by atoms with E-state index in [0.29, 0.717) is 23.8 Å². The van der Waals surface area contributed by atoms with Crippen LogP contribution in [-0.4, -0.2) is 11.6 Å². The summed E-state index contributed by atoms with van der Waals surface area (Å²) in [5.74, 6) is 1.13. The number of H-pyrrole nitrogens is 1. The van der Waals surface area contributed by atoms with Crippen molar-refractivity contribution in [3.8, 4) is 29.0 Å². The van der Waals surface area contributed by atoms with Gasteiger partial charge in [-0.3, -0.25) is 4.79 Å². The van der Waals surface area contributed by atoms with Gasteiger partial charge in [0.25, 0.3) is 5.56 Å². The van der Waals surface area contributed by atoms with Crippen LogP contribution < -0.4 is 16.0 Å². The second kappa shape index (κ2) is 7.55. The predicted molar refractivity (Wildman–Crippen MR) is 96.0 cm³/mol. The first-order valence-corrected chi connectivity index (χ1v) is 7.98. The van der Waals surface area contributed by atoms with Crippen molar-refractivity contribution in [2.24, 2.45) is 5.92 Å². The molecule has 6 heteroatoms. The molecule has 0 aliphatic carbocycles. The van der Waals surface area contributed by atoms with E-state index in [1.54, 1.807) is 12.1 Å². The fraction of sp³-hybridized carbons (Fsp3) is 0.316. The Morgan fingerprint density at radius 3 is 2.52 bits per heavy atom. The molecule has 0 aliphatic rings. The number of aryl methyl sites for hydroxylation is 1. The first-order valence-electron chi connectivity index (χ1n) is 7.98. The molecule has 3 N–H and O–H groups in total. The molecule has 2 aromatic rings. The minimum atomic E-state index is -0.614. The maximum Gasteiger partial charge on any atom is 0.268 e. The summed E-state index contributed by atoms with van der Waals surface area (Å²) in [5.41, 5.74) is 6.80. The van der Waals surface area contributed by atoms with Crippen molar-refractivity contribution < 1.29 is 4.74 Å². The third-order valence-electron chi connectivity index (χ3n) is 3.90. The number of pyridine rings is 1. The first-order chi connectivity index (χ1) is 11.9. The van der Waals surface area contributed by atoms with Crippen LogP contribution in [0.4, 0.5) is 5.82 Å². The maximum absolute atomic E-state index is 12.0. The molecular formula is C19H20N4O2. The zero-order chi connectivity index (χ0) is 18.6. The van der Waals surface area contributed by atoms with Crippen LogP contribution in [0.3, 0.4) is 0 Å². The van der Waals surface area contributed by atoms with E-state index in [-0.39, 0.29) is 22.5 Å². The molecule has 128 valence electrons. The molecule has 0 fully saturated rings. The number of aromatic amines is 1. The van der Waals surface area contributed by atoms with Gasteiger partial charge < -0.3 is 15.5 Å². The van der Waals surface area contributed by atoms with Crippen molar-refractivity contribution in [2.45, 2.75) is 27.2 Å². The molecule has 0 radical (unpaired) electrons. The first kappa shape index (κ1) is 18.1. The summed E-state index contributed by atoms with van der Waals surface area (Å²) in [6, 6.07) is 9.16. The van der Waals surface area contributed by atoms with Crippen molar-refractivity contribution in [2.75, 3.05) is 12.3 Å². The quantitative estimate of drug-likeness (QED) is 0.870. The lowest BCUT2D eigenvalue weighted by Crippen LogP contribution is -2.16. The minimum Gasteiger partial charge on any atom is -0.493 e. The van der Waals surface area contributed by atoms with Crippen molar-refractivity contribution >= 4 is 5.82 Å². The molecule has 0 atom stereocenters. The standard InChI is InChI=1S/C19H20N4O2/c1-11(2)6-7-25-16-8-13(5-4-12(16)3)17-14(9-20)18(22)23-19(24)15(17)10-21/h4-5,8,11H,6-7H2,1-3H3,(H3,22,23,24). The van der Waals surface area contributed by atoms with E-state index in [4.69, 9.17) is 10.5 Å². The monoisotopic (exact) mass is 336 g/mol. The number of hydrogen-bond acceptors (Lipinski definition) is 5. The second-order valence-corrected chi connectivity index (χ2v) is 6.23. The molecule has 0 saturated carbocycles. The van der Waals surface area contributed by atoms with E-state index in [9.17, 15) is 15.3 Å². The van der Waals surface area contributed by atoms with Gasteiger partial charge in [-0.05, 0) is 36.5 Å². The number of nitriles is 2. The zero-order valence-electron chi connectivity index (χ0n) is 14.5. The summed E-state index contributed by atoms with van der Waals surface area (Å²) in [6.07, 6.45) is 0.911. The Morgan fingerprint density at radius 1 is 1.24 bits per heavy atom. The van der Waals surface area contributed by atoms with Gasteiger partial charge in [-0.1, -0.05) is 26.0 Å². The van der Waals surface area contributed by atoms with Crippen LogP contribution in [0, 0.1) is 35.5 Å². The molecule has 0 saturated heterocycles. The summed E-state index contributed by atoms with van der Waals surface area (Å²) in [5, 5.41) is 18.8. The second-order valence-electron chi connectivity index (χ2n) is 6.23. The van der Waals surface area contributed by atoms with Crippen molar-refractivity contribution in [1.82, 2.24) is 4.98 Å². The van der Waals surface area contributed by atoms with Crippen LogP contribution in [0.5, 0.6) is 5.75 Å². The van der Waals surface area contributed by atoms with E-state index in [0.717, 1.165) is 12.0 Å². The highest BCUT2D eigenvalue weighted by Gasteiger charge is 2.19. The number of rotatable bonds is 5. The number of nitrogen functional groups attached to an aromatic ring is 1. The highest BCUT2D eigenvalue weighted by Crippen LogP contribution is 2.32. The lowest BCUT2D eigenvalue weighted by molar-refractivity contribution is 0.288. The number of ether oxygens (including phenoxy) is 1. The molecule has 1 heterocycles. The van der Waals surface area contributed by atoms with E-state index in [2.05, 4.69) is 18.8 Å². The number of nitrogens with zero attached hydrogens (tertiary/aromatic N) is 2. The van der Waals surface area contributed by atoms with Gasteiger partial charge >= 0.3 is 0 Å². The summed E-state index contributed by atoms with van der Waals surface area (Å²) < 4.78 is 5.83. The van der Waals surface area contributed by atoms with E-state index >= 15 is 0 Å². The molecule has 25 heavy (non-hydrogen) atoms. The van der Waals surface area contributed by atoms with Gasteiger partial charge in [0.2, 0.25) is 0 Å². The largest absolute Gasteiger partial charge is 0.493 e. The highest BCUT2D eigenvalue weighted by atomic mass is 16.5. The Balaban J connectivity index is 2.58. The van der Waals surface area contributed by atoms with Crippen molar-refractivity contribution in [1.29, 1.82) is 10.5 Å². The fourth-order valence-electron chi connectivity index (χ4n) is 2.45. The van der Waals surface area contributed by atoms with E-state index < -0.39 is 5.56 Å². The van der Waals surface area contributed by atoms with E-state index in [1.165, 1.54) is 0 Å². The lowest BCUT2D eigenvalue weighted by atomic mass is 9.95. The summed E-state index contributed by atoms with van der Waals surface area (Å²) >= 11 is 0. The Morgan fingerprint density at radius 2 is 1.92 bits per heavy atom. The average Bonchev–Trinajstić information content (AvgIpc) is 2.55. The van der Waals surface area contributed by atoms with Crippen LogP contribution in [-0.2, 0) is 0 Å². The lowest BCUT2D eigenvalue weighted by Gasteiger charge is -2.14. The molecule has 1 aromatic carbocycles. The van der Waals surface area contributed by atoms with Crippen LogP contribution >= 0.6 is 0 Å². The third-order valence-corrected chi connectivity index (χ3v) is 3.90. The average molecular weight is 336 g/mol. The number of nitrogens with one attached hydrogen (secondary N) is 1. The highest BCUT2D eigenvalue weighted by molar-refractivity contribution is 5.80. The van der Waals surface area contributed by atoms with Crippen LogP contribution in [0.1, 0.15) is 37.0 Å².